The molecular formula is C14H12FNO3. The number of hydrogen-bond acceptors (Lipinski definition) is 4. The van der Waals surface area contributed by atoms with Gasteiger partial charge < -0.3 is 9.47 Å². The summed E-state index contributed by atoms with van der Waals surface area (Å²) in [6, 6.07) is 7.50. The van der Waals surface area contributed by atoms with Crippen LogP contribution >= 0.6 is 0 Å². The molecule has 0 aliphatic carbocycles. The fourth-order valence-electron chi connectivity index (χ4n) is 1.75. The summed E-state index contributed by atoms with van der Waals surface area (Å²) in [5.41, 5.74) is -0.101. The Balaban J connectivity index is 2.58. The number of carbonyl (C=O) groups excluding carboxylic acids is 1. The molecule has 1 aromatic heterocycles. The second-order valence-corrected chi connectivity index (χ2v) is 3.70. The number of aromatic nitrogens is 1. The van der Waals surface area contributed by atoms with Gasteiger partial charge in [0.05, 0.1) is 14.2 Å². The van der Waals surface area contributed by atoms with E-state index in [9.17, 15) is 9.18 Å². The van der Waals surface area contributed by atoms with E-state index in [4.69, 9.17) is 9.47 Å². The van der Waals surface area contributed by atoms with Gasteiger partial charge in [0.1, 0.15) is 22.8 Å². The summed E-state index contributed by atoms with van der Waals surface area (Å²) in [6.45, 7) is 0. The van der Waals surface area contributed by atoms with E-state index in [2.05, 4.69) is 4.98 Å². The number of halogens is 1. The molecule has 0 radical (unpaired) electrons. The van der Waals surface area contributed by atoms with Gasteiger partial charge in [0.25, 0.3) is 0 Å². The molecule has 2 rings (SSSR count). The maximum Gasteiger partial charge on any atom is 0.221 e. The number of hydrogen-bond donors (Lipinski definition) is 0. The molecule has 0 atom stereocenters. The number of carbonyl (C=O) groups is 1. The highest BCUT2D eigenvalue weighted by Gasteiger charge is 2.23. The number of ketones is 1. The van der Waals surface area contributed by atoms with Gasteiger partial charge in [0.15, 0.2) is 5.82 Å². The SMILES string of the molecule is COc1cccc(OC)c1C(=O)c1ncccc1F. The minimum Gasteiger partial charge on any atom is -0.496 e. The van der Waals surface area contributed by atoms with Gasteiger partial charge in [-0.25, -0.2) is 9.37 Å². The van der Waals surface area contributed by atoms with Crippen LogP contribution in [0.25, 0.3) is 0 Å². The highest BCUT2D eigenvalue weighted by molar-refractivity contribution is 6.11. The zero-order valence-electron chi connectivity index (χ0n) is 10.5. The molecule has 5 heteroatoms. The van der Waals surface area contributed by atoms with Crippen molar-refractivity contribution in [1.82, 2.24) is 4.98 Å². The quantitative estimate of drug-likeness (QED) is 0.793. The van der Waals surface area contributed by atoms with Gasteiger partial charge in [-0.3, -0.25) is 4.79 Å². The van der Waals surface area contributed by atoms with Crippen LogP contribution in [-0.2, 0) is 0 Å². The van der Waals surface area contributed by atoms with Crippen molar-refractivity contribution in [2.45, 2.75) is 0 Å². The molecule has 0 aliphatic rings. The first-order valence-electron chi connectivity index (χ1n) is 5.55. The highest BCUT2D eigenvalue weighted by atomic mass is 19.1. The van der Waals surface area contributed by atoms with E-state index in [0.717, 1.165) is 0 Å². The molecule has 4 nitrogen and oxygen atoms in total. The number of nitrogens with zero attached hydrogens (tertiary/aromatic N) is 1. The van der Waals surface area contributed by atoms with E-state index in [0.29, 0.717) is 11.5 Å². The molecule has 0 saturated heterocycles. The van der Waals surface area contributed by atoms with E-state index < -0.39 is 11.6 Å². The molecule has 1 heterocycles. The smallest absolute Gasteiger partial charge is 0.221 e. The Morgan fingerprint density at radius 1 is 1.11 bits per heavy atom. The lowest BCUT2D eigenvalue weighted by Crippen LogP contribution is -2.10. The molecule has 0 N–H and O–H groups in total. The van der Waals surface area contributed by atoms with Crippen LogP contribution in [0.15, 0.2) is 36.5 Å². The van der Waals surface area contributed by atoms with Gasteiger partial charge in [0.2, 0.25) is 5.78 Å². The van der Waals surface area contributed by atoms with Crippen LogP contribution < -0.4 is 9.47 Å². The first kappa shape index (κ1) is 13.0. The van der Waals surface area contributed by atoms with E-state index >= 15 is 0 Å². The summed E-state index contributed by atoms with van der Waals surface area (Å²) in [5.74, 6) is -0.628. The first-order chi connectivity index (χ1) is 9.19. The van der Waals surface area contributed by atoms with E-state index in [-0.39, 0.29) is 11.3 Å². The highest BCUT2D eigenvalue weighted by Crippen LogP contribution is 2.30. The second-order valence-electron chi connectivity index (χ2n) is 3.70. The molecule has 19 heavy (non-hydrogen) atoms. The lowest BCUT2D eigenvalue weighted by atomic mass is 10.0. The molecule has 0 saturated carbocycles. The summed E-state index contributed by atoms with van der Waals surface area (Å²) in [6.07, 6.45) is 1.36. The topological polar surface area (TPSA) is 48.4 Å². The number of methoxy groups -OCH3 is 2. The van der Waals surface area contributed by atoms with Crippen molar-refractivity contribution in [3.8, 4) is 11.5 Å². The Morgan fingerprint density at radius 2 is 1.74 bits per heavy atom. The largest absolute Gasteiger partial charge is 0.496 e. The summed E-state index contributed by atoms with van der Waals surface area (Å²) in [7, 11) is 2.86. The third kappa shape index (κ3) is 2.40. The molecule has 0 spiro atoms. The van der Waals surface area contributed by atoms with Crippen molar-refractivity contribution >= 4 is 5.78 Å². The molecule has 0 unspecified atom stereocenters. The predicted octanol–water partition coefficient (Wildman–Crippen LogP) is 2.47. The molecule has 0 amide bonds. The molecule has 0 fully saturated rings. The standard InChI is InChI=1S/C14H12FNO3/c1-18-10-6-3-7-11(19-2)12(10)14(17)13-9(15)5-4-8-16-13/h3-8H,1-2H3. The van der Waals surface area contributed by atoms with Crippen molar-refractivity contribution in [3.05, 3.63) is 53.6 Å². The van der Waals surface area contributed by atoms with Crippen molar-refractivity contribution < 1.29 is 18.7 Å². The third-order valence-electron chi connectivity index (χ3n) is 2.63. The van der Waals surface area contributed by atoms with Crippen LogP contribution in [0, 0.1) is 5.82 Å². The van der Waals surface area contributed by atoms with Crippen LogP contribution in [0.2, 0.25) is 0 Å². The lowest BCUT2D eigenvalue weighted by molar-refractivity contribution is 0.102. The van der Waals surface area contributed by atoms with Gasteiger partial charge in [-0.15, -0.1) is 0 Å². The fraction of sp³-hybridized carbons (Fsp3) is 0.143. The van der Waals surface area contributed by atoms with Gasteiger partial charge in [0, 0.05) is 6.20 Å². The zero-order valence-corrected chi connectivity index (χ0v) is 10.5. The van der Waals surface area contributed by atoms with Gasteiger partial charge >= 0.3 is 0 Å². The zero-order chi connectivity index (χ0) is 13.8. The Kier molecular flexibility index (Phi) is 3.75. The number of rotatable bonds is 4. The average Bonchev–Trinajstić information content (AvgIpc) is 2.46. The Bertz CT molecular complexity index is 591. The van der Waals surface area contributed by atoms with Crippen molar-refractivity contribution in [3.63, 3.8) is 0 Å². The third-order valence-corrected chi connectivity index (χ3v) is 2.63. The lowest BCUT2D eigenvalue weighted by Gasteiger charge is -2.11. The number of pyridine rings is 1. The van der Waals surface area contributed by atoms with Crippen molar-refractivity contribution in [2.75, 3.05) is 14.2 Å². The predicted molar refractivity (Wildman–Crippen MR) is 67.2 cm³/mol. The number of benzene rings is 1. The molecular weight excluding hydrogens is 249 g/mol. The second kappa shape index (κ2) is 5.48. The van der Waals surface area contributed by atoms with Crippen LogP contribution in [0.3, 0.4) is 0 Å². The van der Waals surface area contributed by atoms with E-state index in [1.807, 2.05) is 0 Å². The molecule has 98 valence electrons. The summed E-state index contributed by atoms with van der Waals surface area (Å²) < 4.78 is 23.9. The first-order valence-corrected chi connectivity index (χ1v) is 5.55. The molecule has 0 bridgehead atoms. The van der Waals surface area contributed by atoms with E-state index in [1.54, 1.807) is 18.2 Å². The fourth-order valence-corrected chi connectivity index (χ4v) is 1.75. The van der Waals surface area contributed by atoms with Crippen molar-refractivity contribution in [1.29, 1.82) is 0 Å². The summed E-state index contributed by atoms with van der Waals surface area (Å²) >= 11 is 0. The van der Waals surface area contributed by atoms with Crippen LogP contribution in [0.1, 0.15) is 16.1 Å². The summed E-state index contributed by atoms with van der Waals surface area (Å²) in [5, 5.41) is 0. The van der Waals surface area contributed by atoms with Gasteiger partial charge in [-0.1, -0.05) is 6.07 Å². The van der Waals surface area contributed by atoms with Crippen LogP contribution in [-0.4, -0.2) is 25.0 Å². The minimum absolute atomic E-state index is 0.157. The van der Waals surface area contributed by atoms with E-state index in [1.165, 1.54) is 32.5 Å². The Hall–Kier alpha value is -2.43. The normalized spacial score (nSPS) is 10.1. The van der Waals surface area contributed by atoms with Crippen molar-refractivity contribution in [2.24, 2.45) is 0 Å². The maximum atomic E-state index is 13.6. The molecule has 0 aliphatic heterocycles. The Labute approximate surface area is 109 Å². The minimum atomic E-state index is -0.680. The monoisotopic (exact) mass is 261 g/mol. The average molecular weight is 261 g/mol. The van der Waals surface area contributed by atoms with Gasteiger partial charge in [-0.05, 0) is 24.3 Å². The van der Waals surface area contributed by atoms with Gasteiger partial charge in [-0.2, -0.15) is 0 Å². The van der Waals surface area contributed by atoms with Crippen LogP contribution in [0.4, 0.5) is 4.39 Å². The van der Waals surface area contributed by atoms with Crippen LogP contribution in [0.5, 0.6) is 11.5 Å². The Morgan fingerprint density at radius 3 is 2.26 bits per heavy atom. The number of ether oxygens (including phenoxy) is 2. The molecule has 2 aromatic rings. The molecule has 1 aromatic carbocycles. The summed E-state index contributed by atoms with van der Waals surface area (Å²) in [4.78, 5) is 16.1. The maximum absolute atomic E-state index is 13.6.